The van der Waals surface area contributed by atoms with E-state index in [0.29, 0.717) is 21.3 Å². The quantitative estimate of drug-likeness (QED) is 0.412. The molecule has 6 nitrogen and oxygen atoms in total. The first-order valence-electron chi connectivity index (χ1n) is 9.36. The van der Waals surface area contributed by atoms with Crippen LogP contribution in [0.4, 0.5) is 11.4 Å². The van der Waals surface area contributed by atoms with Crippen molar-refractivity contribution in [1.29, 1.82) is 0 Å². The zero-order valence-electron chi connectivity index (χ0n) is 16.4. The van der Waals surface area contributed by atoms with Crippen molar-refractivity contribution in [1.82, 2.24) is 0 Å². The molecule has 0 bridgehead atoms. The number of anilines is 2. The molecular formula is C22H18N2O4S2. The van der Waals surface area contributed by atoms with E-state index in [-0.39, 0.29) is 29.5 Å². The number of carbonyl (C=O) groups is 3. The maximum absolute atomic E-state index is 13.3. The number of rotatable bonds is 4. The summed E-state index contributed by atoms with van der Waals surface area (Å²) in [6.45, 7) is 3.68. The Morgan fingerprint density at radius 2 is 1.77 bits per heavy atom. The molecule has 152 valence electrons. The number of thioether (sulfide) groups is 1. The minimum atomic E-state index is -0.505. The Bertz CT molecular complexity index is 1110. The zero-order chi connectivity index (χ0) is 21.4. The van der Waals surface area contributed by atoms with Crippen molar-refractivity contribution >= 4 is 63.0 Å². The first-order valence-corrected chi connectivity index (χ1v) is 10.6. The first kappa shape index (κ1) is 20.3. The Hall–Kier alpha value is -2.97. The molecule has 0 spiro atoms. The van der Waals surface area contributed by atoms with Crippen LogP contribution < -0.4 is 9.80 Å². The van der Waals surface area contributed by atoms with Crippen LogP contribution in [0.15, 0.2) is 53.4 Å². The van der Waals surface area contributed by atoms with E-state index in [9.17, 15) is 14.4 Å². The molecule has 0 N–H and O–H groups in total. The van der Waals surface area contributed by atoms with Crippen LogP contribution in [0, 0.1) is 6.92 Å². The predicted molar refractivity (Wildman–Crippen MR) is 121 cm³/mol. The van der Waals surface area contributed by atoms with Gasteiger partial charge in [-0.1, -0.05) is 59.9 Å². The van der Waals surface area contributed by atoms with Gasteiger partial charge in [0.1, 0.15) is 6.54 Å². The van der Waals surface area contributed by atoms with Crippen molar-refractivity contribution in [2.75, 3.05) is 23.0 Å². The van der Waals surface area contributed by atoms with Gasteiger partial charge < -0.3 is 4.74 Å². The summed E-state index contributed by atoms with van der Waals surface area (Å²) in [4.78, 5) is 41.6. The van der Waals surface area contributed by atoms with Crippen LogP contribution in [0.3, 0.4) is 0 Å². The van der Waals surface area contributed by atoms with Gasteiger partial charge in [-0.05, 0) is 32.0 Å². The number of ether oxygens (including phenoxy) is 1. The van der Waals surface area contributed by atoms with E-state index >= 15 is 0 Å². The molecular weight excluding hydrogens is 420 g/mol. The van der Waals surface area contributed by atoms with Crippen molar-refractivity contribution < 1.29 is 19.1 Å². The van der Waals surface area contributed by atoms with E-state index in [4.69, 9.17) is 17.0 Å². The van der Waals surface area contributed by atoms with E-state index < -0.39 is 11.9 Å². The topological polar surface area (TPSA) is 66.9 Å². The fraction of sp³-hybridized carbons (Fsp3) is 0.182. The minimum Gasteiger partial charge on any atom is -0.465 e. The number of benzene rings is 2. The summed E-state index contributed by atoms with van der Waals surface area (Å²) >= 11 is 6.55. The zero-order valence-corrected chi connectivity index (χ0v) is 18.0. The van der Waals surface area contributed by atoms with Gasteiger partial charge in [-0.25, -0.2) is 0 Å². The third kappa shape index (κ3) is 3.42. The molecule has 0 radical (unpaired) electrons. The number of carbonyl (C=O) groups excluding carboxylic acids is 3. The fourth-order valence-electron chi connectivity index (χ4n) is 3.43. The Morgan fingerprint density at radius 3 is 2.47 bits per heavy atom. The molecule has 2 aliphatic heterocycles. The molecule has 30 heavy (non-hydrogen) atoms. The van der Waals surface area contributed by atoms with E-state index in [1.165, 1.54) is 9.80 Å². The van der Waals surface area contributed by atoms with Gasteiger partial charge in [0.25, 0.3) is 11.8 Å². The summed E-state index contributed by atoms with van der Waals surface area (Å²) in [5.41, 5.74) is 3.17. The molecule has 0 unspecified atom stereocenters. The number of hydrogen-bond donors (Lipinski definition) is 0. The highest BCUT2D eigenvalue weighted by molar-refractivity contribution is 8.27. The third-order valence-electron chi connectivity index (χ3n) is 4.80. The molecule has 1 fully saturated rings. The summed E-state index contributed by atoms with van der Waals surface area (Å²) in [5, 5.41) is 0. The summed E-state index contributed by atoms with van der Waals surface area (Å²) in [7, 11) is 0. The highest BCUT2D eigenvalue weighted by Crippen LogP contribution is 2.45. The maximum atomic E-state index is 13.3. The standard InChI is InChI=1S/C22H18N2O4S2/c1-3-28-17(25)12-23-16-7-5-4-6-15(16)18(20(23)26)19-21(27)24(22(29)30-19)14-10-8-13(2)9-11-14/h4-11H,3,12H2,1-2H3/b19-18-. The second-order valence-corrected chi connectivity index (χ2v) is 8.41. The molecule has 2 aromatic rings. The van der Waals surface area contributed by atoms with Crippen molar-refractivity contribution in [3.8, 4) is 0 Å². The summed E-state index contributed by atoms with van der Waals surface area (Å²) < 4.78 is 5.36. The number of para-hydroxylation sites is 1. The molecule has 2 aromatic carbocycles. The van der Waals surface area contributed by atoms with Crippen LogP contribution >= 0.6 is 24.0 Å². The molecule has 0 aromatic heterocycles. The second-order valence-electron chi connectivity index (χ2n) is 6.76. The number of fused-ring (bicyclic) bond motifs is 1. The van der Waals surface area contributed by atoms with Gasteiger partial charge in [0.05, 0.1) is 28.5 Å². The normalized spacial score (nSPS) is 18.3. The molecule has 0 aliphatic carbocycles. The van der Waals surface area contributed by atoms with E-state index in [0.717, 1.165) is 17.3 Å². The van der Waals surface area contributed by atoms with Crippen LogP contribution in [-0.2, 0) is 19.1 Å². The predicted octanol–water partition coefficient (Wildman–Crippen LogP) is 3.68. The Labute approximate surface area is 183 Å². The number of hydrogen-bond acceptors (Lipinski definition) is 6. The lowest BCUT2D eigenvalue weighted by Gasteiger charge is -2.16. The number of nitrogens with zero attached hydrogens (tertiary/aromatic N) is 2. The molecule has 4 rings (SSSR count). The smallest absolute Gasteiger partial charge is 0.326 e. The van der Waals surface area contributed by atoms with Crippen LogP contribution in [0.1, 0.15) is 18.1 Å². The average molecular weight is 439 g/mol. The molecule has 0 saturated carbocycles. The van der Waals surface area contributed by atoms with Gasteiger partial charge in [-0.15, -0.1) is 0 Å². The molecule has 1 saturated heterocycles. The molecule has 0 atom stereocenters. The van der Waals surface area contributed by atoms with Crippen LogP contribution in [0.5, 0.6) is 0 Å². The van der Waals surface area contributed by atoms with Gasteiger partial charge in [-0.3, -0.25) is 24.2 Å². The Balaban J connectivity index is 1.76. The van der Waals surface area contributed by atoms with Crippen LogP contribution in [-0.4, -0.2) is 35.3 Å². The lowest BCUT2D eigenvalue weighted by Crippen LogP contribution is -2.34. The fourth-order valence-corrected chi connectivity index (χ4v) is 4.80. The first-order chi connectivity index (χ1) is 14.4. The minimum absolute atomic E-state index is 0.217. The number of thiocarbonyl (C=S) groups is 1. The lowest BCUT2D eigenvalue weighted by atomic mass is 10.1. The van der Waals surface area contributed by atoms with Gasteiger partial charge in [-0.2, -0.15) is 0 Å². The highest BCUT2D eigenvalue weighted by atomic mass is 32.2. The number of amides is 2. The summed E-state index contributed by atoms with van der Waals surface area (Å²) in [6.07, 6.45) is 0. The van der Waals surface area contributed by atoms with E-state index in [1.807, 2.05) is 31.2 Å². The third-order valence-corrected chi connectivity index (χ3v) is 6.18. The van der Waals surface area contributed by atoms with Gasteiger partial charge in [0.15, 0.2) is 4.32 Å². The average Bonchev–Trinajstić information content (AvgIpc) is 3.16. The Morgan fingerprint density at radius 1 is 1.07 bits per heavy atom. The second kappa shape index (κ2) is 8.04. The highest BCUT2D eigenvalue weighted by Gasteiger charge is 2.43. The van der Waals surface area contributed by atoms with Gasteiger partial charge in [0.2, 0.25) is 0 Å². The Kier molecular flexibility index (Phi) is 5.44. The van der Waals surface area contributed by atoms with E-state index in [1.54, 1.807) is 31.2 Å². The van der Waals surface area contributed by atoms with Crippen molar-refractivity contribution in [3.63, 3.8) is 0 Å². The monoisotopic (exact) mass is 438 g/mol. The van der Waals surface area contributed by atoms with Gasteiger partial charge >= 0.3 is 5.97 Å². The SMILES string of the molecule is CCOC(=O)CN1C(=O)/C(=C2\SC(=S)N(c3ccc(C)cc3)C2=O)c2ccccc21. The lowest BCUT2D eigenvalue weighted by molar-refractivity contribution is -0.142. The van der Waals surface area contributed by atoms with E-state index in [2.05, 4.69) is 0 Å². The molecule has 2 amide bonds. The summed E-state index contributed by atoms with van der Waals surface area (Å²) in [5.74, 6) is -1.26. The maximum Gasteiger partial charge on any atom is 0.326 e. The van der Waals surface area contributed by atoms with Crippen molar-refractivity contribution in [2.45, 2.75) is 13.8 Å². The van der Waals surface area contributed by atoms with Crippen LogP contribution in [0.2, 0.25) is 0 Å². The van der Waals surface area contributed by atoms with Crippen molar-refractivity contribution in [2.24, 2.45) is 0 Å². The van der Waals surface area contributed by atoms with Crippen LogP contribution in [0.25, 0.3) is 5.57 Å². The number of aryl methyl sites for hydroxylation is 1. The summed E-state index contributed by atoms with van der Waals surface area (Å²) in [6, 6.07) is 14.5. The van der Waals surface area contributed by atoms with Gasteiger partial charge in [0, 0.05) is 5.56 Å². The van der Waals surface area contributed by atoms with Crippen molar-refractivity contribution in [3.05, 3.63) is 64.6 Å². The molecule has 2 aliphatic rings. The number of esters is 1. The largest absolute Gasteiger partial charge is 0.465 e. The molecule has 8 heteroatoms. The molecule has 2 heterocycles.